The van der Waals surface area contributed by atoms with E-state index in [0.717, 1.165) is 53.9 Å². The van der Waals surface area contributed by atoms with Crippen LogP contribution < -0.4 is 16.0 Å². The smallest absolute Gasteiger partial charge is 0.163 e. The molecule has 0 atom stereocenters. The van der Waals surface area contributed by atoms with E-state index in [1.54, 1.807) is 12.4 Å². The molecule has 0 saturated carbocycles. The number of nitrogens with zero attached hydrogens (tertiary/aromatic N) is 5. The van der Waals surface area contributed by atoms with E-state index in [9.17, 15) is 0 Å². The average molecular weight is 457 g/mol. The lowest BCUT2D eigenvalue weighted by Gasteiger charge is -2.23. The molecule has 4 heterocycles. The average Bonchev–Trinajstić information content (AvgIpc) is 3.32. The zero-order valence-electron chi connectivity index (χ0n) is 19.8. The van der Waals surface area contributed by atoms with Crippen molar-refractivity contribution in [3.05, 3.63) is 66.1 Å². The van der Waals surface area contributed by atoms with Crippen LogP contribution in [0.2, 0.25) is 0 Å². The molecule has 34 heavy (non-hydrogen) atoms. The summed E-state index contributed by atoms with van der Waals surface area (Å²) < 4.78 is 1.91. The maximum Gasteiger partial charge on any atom is 0.163 e. The quantitative estimate of drug-likeness (QED) is 0.363. The van der Waals surface area contributed by atoms with E-state index >= 15 is 0 Å². The second-order valence-corrected chi connectivity index (χ2v) is 9.21. The van der Waals surface area contributed by atoms with E-state index in [2.05, 4.69) is 75.2 Å². The number of anilines is 2. The number of nitrogens with one attached hydrogen (secondary N) is 3. The van der Waals surface area contributed by atoms with Gasteiger partial charge in [-0.1, -0.05) is 38.1 Å². The van der Waals surface area contributed by atoms with Crippen molar-refractivity contribution >= 4 is 17.3 Å². The molecule has 8 nitrogen and oxygen atoms in total. The Morgan fingerprint density at radius 2 is 1.82 bits per heavy atom. The molecule has 0 unspecified atom stereocenters. The normalized spacial score (nSPS) is 14.6. The van der Waals surface area contributed by atoms with Crippen LogP contribution in [0.15, 0.2) is 55.0 Å². The van der Waals surface area contributed by atoms with Crippen molar-refractivity contribution in [2.24, 2.45) is 5.92 Å². The first kappa shape index (κ1) is 22.3. The molecule has 5 rings (SSSR count). The Bertz CT molecular complexity index is 1210. The fourth-order valence-electron chi connectivity index (χ4n) is 4.35. The van der Waals surface area contributed by atoms with Crippen molar-refractivity contribution < 1.29 is 0 Å². The molecule has 0 radical (unpaired) electrons. The van der Waals surface area contributed by atoms with Crippen molar-refractivity contribution in [3.8, 4) is 11.4 Å². The van der Waals surface area contributed by atoms with Crippen LogP contribution in [0, 0.1) is 5.92 Å². The van der Waals surface area contributed by atoms with E-state index in [-0.39, 0.29) is 0 Å². The summed E-state index contributed by atoms with van der Waals surface area (Å²) in [4.78, 5) is 13.6. The molecule has 176 valence electrons. The summed E-state index contributed by atoms with van der Waals surface area (Å²) >= 11 is 0. The third kappa shape index (κ3) is 5.02. The van der Waals surface area contributed by atoms with Crippen LogP contribution in [-0.2, 0) is 6.54 Å². The Hall–Kier alpha value is -3.52. The predicted molar refractivity (Wildman–Crippen MR) is 136 cm³/mol. The van der Waals surface area contributed by atoms with E-state index in [4.69, 9.17) is 4.98 Å². The number of rotatable bonds is 8. The van der Waals surface area contributed by atoms with Crippen molar-refractivity contribution in [1.82, 2.24) is 29.9 Å². The molecule has 1 aliphatic rings. The van der Waals surface area contributed by atoms with Crippen LogP contribution in [-0.4, -0.2) is 44.2 Å². The lowest BCUT2D eigenvalue weighted by atomic mass is 9.98. The van der Waals surface area contributed by atoms with Gasteiger partial charge in [-0.3, -0.25) is 0 Å². The second kappa shape index (κ2) is 10.2. The van der Waals surface area contributed by atoms with Crippen molar-refractivity contribution in [1.29, 1.82) is 0 Å². The van der Waals surface area contributed by atoms with E-state index in [1.807, 2.05) is 16.8 Å². The molecule has 4 aromatic rings. The van der Waals surface area contributed by atoms with Crippen LogP contribution >= 0.6 is 0 Å². The molecule has 1 fully saturated rings. The van der Waals surface area contributed by atoms with Gasteiger partial charge in [0.25, 0.3) is 0 Å². The largest absolute Gasteiger partial charge is 0.370 e. The van der Waals surface area contributed by atoms with Crippen molar-refractivity contribution in [2.75, 3.05) is 30.3 Å². The standard InChI is InChI=1S/C26H32N8/c1-18(2)22-17-32-34-24(14-23(33-26(22)34)30-15-20-8-12-27-13-9-20)31-16-19-4-6-21(7-5-19)25-28-10-3-11-29-25/h3-7,10-11,14,17-18,20,27,31H,8-9,12-13,15-16H2,1-2H3,(H,30,33). The summed E-state index contributed by atoms with van der Waals surface area (Å²) in [6.07, 6.45) is 7.86. The van der Waals surface area contributed by atoms with Crippen molar-refractivity contribution in [3.63, 3.8) is 0 Å². The Kier molecular flexibility index (Phi) is 6.67. The molecule has 0 bridgehead atoms. The highest BCUT2D eigenvalue weighted by Crippen LogP contribution is 2.25. The molecular weight excluding hydrogens is 424 g/mol. The first-order valence-electron chi connectivity index (χ1n) is 12.1. The number of benzene rings is 1. The van der Waals surface area contributed by atoms with Crippen LogP contribution in [0.3, 0.4) is 0 Å². The Morgan fingerprint density at radius 1 is 1.06 bits per heavy atom. The molecule has 0 aliphatic carbocycles. The molecule has 3 aromatic heterocycles. The highest BCUT2D eigenvalue weighted by molar-refractivity contribution is 5.61. The minimum atomic E-state index is 0.352. The summed E-state index contributed by atoms with van der Waals surface area (Å²) in [5, 5.41) is 15.2. The van der Waals surface area contributed by atoms with Gasteiger partial charge in [0.15, 0.2) is 11.5 Å². The summed E-state index contributed by atoms with van der Waals surface area (Å²) in [7, 11) is 0. The molecule has 1 aromatic carbocycles. The second-order valence-electron chi connectivity index (χ2n) is 9.21. The van der Waals surface area contributed by atoms with Crippen LogP contribution in [0.25, 0.3) is 17.0 Å². The zero-order valence-corrected chi connectivity index (χ0v) is 19.8. The van der Waals surface area contributed by atoms with Crippen LogP contribution in [0.4, 0.5) is 11.6 Å². The minimum Gasteiger partial charge on any atom is -0.370 e. The minimum absolute atomic E-state index is 0.352. The molecule has 0 spiro atoms. The lowest BCUT2D eigenvalue weighted by molar-refractivity contribution is 0.389. The maximum atomic E-state index is 4.92. The molecule has 1 aliphatic heterocycles. The van der Waals surface area contributed by atoms with Gasteiger partial charge in [0.05, 0.1) is 6.20 Å². The first-order chi connectivity index (χ1) is 16.7. The Labute approximate surface area is 200 Å². The van der Waals surface area contributed by atoms with Gasteiger partial charge in [-0.05, 0) is 49.4 Å². The third-order valence-corrected chi connectivity index (χ3v) is 6.40. The molecule has 0 amide bonds. The number of hydrogen-bond donors (Lipinski definition) is 3. The molecule has 3 N–H and O–H groups in total. The fraction of sp³-hybridized carbons (Fsp3) is 0.385. The maximum absolute atomic E-state index is 4.92. The summed E-state index contributed by atoms with van der Waals surface area (Å²) in [5.41, 5.74) is 4.24. The molecule has 8 heteroatoms. The monoisotopic (exact) mass is 456 g/mol. The molecule has 1 saturated heterocycles. The first-order valence-corrected chi connectivity index (χ1v) is 12.1. The number of fused-ring (bicyclic) bond motifs is 1. The van der Waals surface area contributed by atoms with Gasteiger partial charge in [0, 0.05) is 42.7 Å². The van der Waals surface area contributed by atoms with Crippen molar-refractivity contribution in [2.45, 2.75) is 39.2 Å². The van der Waals surface area contributed by atoms with Gasteiger partial charge < -0.3 is 16.0 Å². The summed E-state index contributed by atoms with van der Waals surface area (Å²) in [6.45, 7) is 8.18. The SMILES string of the molecule is CC(C)c1cnn2c(NCc3ccc(-c4ncccn4)cc3)cc(NCC3CCNCC3)nc12. The zero-order chi connectivity index (χ0) is 23.3. The summed E-state index contributed by atoms with van der Waals surface area (Å²) in [6, 6.07) is 12.2. The fourth-order valence-corrected chi connectivity index (χ4v) is 4.35. The topological polar surface area (TPSA) is 92.1 Å². The van der Waals surface area contributed by atoms with Crippen LogP contribution in [0.1, 0.15) is 43.7 Å². The van der Waals surface area contributed by atoms with E-state index in [1.165, 1.54) is 18.4 Å². The van der Waals surface area contributed by atoms with Gasteiger partial charge in [0.2, 0.25) is 0 Å². The van der Waals surface area contributed by atoms with Gasteiger partial charge in [-0.25, -0.2) is 15.0 Å². The molecular formula is C26H32N8. The number of aromatic nitrogens is 5. The van der Waals surface area contributed by atoms with Gasteiger partial charge in [-0.2, -0.15) is 9.61 Å². The van der Waals surface area contributed by atoms with Crippen LogP contribution in [0.5, 0.6) is 0 Å². The third-order valence-electron chi connectivity index (χ3n) is 6.40. The number of piperidine rings is 1. The van der Waals surface area contributed by atoms with E-state index < -0.39 is 0 Å². The highest BCUT2D eigenvalue weighted by atomic mass is 15.3. The van der Waals surface area contributed by atoms with E-state index in [0.29, 0.717) is 18.4 Å². The van der Waals surface area contributed by atoms with Gasteiger partial charge >= 0.3 is 0 Å². The lowest BCUT2D eigenvalue weighted by Crippen LogP contribution is -2.31. The highest BCUT2D eigenvalue weighted by Gasteiger charge is 2.16. The Balaban J connectivity index is 1.34. The predicted octanol–water partition coefficient (Wildman–Crippen LogP) is 4.33. The number of hydrogen-bond acceptors (Lipinski definition) is 7. The van der Waals surface area contributed by atoms with Gasteiger partial charge in [-0.15, -0.1) is 0 Å². The Morgan fingerprint density at radius 3 is 2.56 bits per heavy atom. The summed E-state index contributed by atoms with van der Waals surface area (Å²) in [5.74, 6) is 3.59. The van der Waals surface area contributed by atoms with Gasteiger partial charge in [0.1, 0.15) is 11.6 Å².